The highest BCUT2D eigenvalue weighted by Crippen LogP contribution is 2.55. The van der Waals surface area contributed by atoms with Gasteiger partial charge in [-0.3, -0.25) is 9.59 Å². The van der Waals surface area contributed by atoms with Gasteiger partial charge >= 0.3 is 0 Å². The van der Waals surface area contributed by atoms with Crippen molar-refractivity contribution >= 4 is 17.4 Å². The number of para-hydroxylation sites is 1. The first-order chi connectivity index (χ1) is 14.5. The molecule has 6 nitrogen and oxygen atoms in total. The number of hydrogen-bond acceptors (Lipinski definition) is 5. The molecule has 0 fully saturated rings. The first-order valence-electron chi connectivity index (χ1n) is 9.79. The van der Waals surface area contributed by atoms with Crippen molar-refractivity contribution in [2.24, 2.45) is 5.73 Å². The number of aryl methyl sites for hydroxylation is 1. The Morgan fingerprint density at radius 2 is 1.87 bits per heavy atom. The van der Waals surface area contributed by atoms with Crippen molar-refractivity contribution in [2.75, 3.05) is 5.32 Å². The molecule has 6 heteroatoms. The molecule has 0 saturated carbocycles. The summed E-state index contributed by atoms with van der Waals surface area (Å²) < 4.78 is 5.80. The number of amides is 1. The van der Waals surface area contributed by atoms with Gasteiger partial charge in [0, 0.05) is 24.1 Å². The fourth-order valence-corrected chi connectivity index (χ4v) is 4.85. The molecule has 1 spiro atoms. The van der Waals surface area contributed by atoms with E-state index in [1.165, 1.54) is 0 Å². The SMILES string of the molecule is Cc1ccc([C@H]2CC(=O)C3=C(C2)OC(N)=C(C#N)[C@]32C(=O)Nc3ccccc32)cc1. The number of carbonyl (C=O) groups excluding carboxylic acids is 2. The largest absolute Gasteiger partial charge is 0.444 e. The second-order valence-electron chi connectivity index (χ2n) is 7.94. The summed E-state index contributed by atoms with van der Waals surface area (Å²) in [5.74, 6) is -0.472. The van der Waals surface area contributed by atoms with Gasteiger partial charge < -0.3 is 15.8 Å². The number of hydrogen-bond donors (Lipinski definition) is 2. The maximum Gasteiger partial charge on any atom is 0.245 e. The van der Waals surface area contributed by atoms with Crippen LogP contribution in [0, 0.1) is 18.3 Å². The Hall–Kier alpha value is -3.85. The lowest BCUT2D eigenvalue weighted by atomic mass is 9.63. The molecule has 2 aromatic carbocycles. The number of rotatable bonds is 1. The molecule has 0 aromatic heterocycles. The lowest BCUT2D eigenvalue weighted by Crippen LogP contribution is -2.47. The zero-order chi connectivity index (χ0) is 21.0. The molecule has 30 heavy (non-hydrogen) atoms. The molecule has 0 unspecified atom stereocenters. The van der Waals surface area contributed by atoms with E-state index in [1.807, 2.05) is 37.3 Å². The number of anilines is 1. The molecule has 2 atom stereocenters. The monoisotopic (exact) mass is 397 g/mol. The van der Waals surface area contributed by atoms with Crippen molar-refractivity contribution in [3.63, 3.8) is 0 Å². The van der Waals surface area contributed by atoms with Crippen LogP contribution in [0.15, 0.2) is 71.3 Å². The third-order valence-electron chi connectivity index (χ3n) is 6.23. The van der Waals surface area contributed by atoms with E-state index in [1.54, 1.807) is 24.3 Å². The molecular formula is C24H19N3O3. The second kappa shape index (κ2) is 6.33. The van der Waals surface area contributed by atoms with Gasteiger partial charge in [-0.1, -0.05) is 48.0 Å². The minimum Gasteiger partial charge on any atom is -0.444 e. The van der Waals surface area contributed by atoms with Gasteiger partial charge in [-0.25, -0.2) is 0 Å². The topological polar surface area (TPSA) is 105 Å². The van der Waals surface area contributed by atoms with E-state index in [9.17, 15) is 14.9 Å². The molecule has 1 aliphatic carbocycles. The van der Waals surface area contributed by atoms with E-state index >= 15 is 0 Å². The maximum atomic E-state index is 13.5. The molecule has 0 bridgehead atoms. The van der Waals surface area contributed by atoms with Crippen LogP contribution in [0.2, 0.25) is 0 Å². The van der Waals surface area contributed by atoms with Gasteiger partial charge in [-0.15, -0.1) is 0 Å². The molecular weight excluding hydrogens is 378 g/mol. The summed E-state index contributed by atoms with van der Waals surface area (Å²) in [5, 5.41) is 12.7. The van der Waals surface area contributed by atoms with Crippen LogP contribution in [-0.4, -0.2) is 11.7 Å². The van der Waals surface area contributed by atoms with Gasteiger partial charge in [0.05, 0.1) is 5.57 Å². The van der Waals surface area contributed by atoms with E-state index in [0.29, 0.717) is 23.4 Å². The number of nitrogens with two attached hydrogens (primary N) is 1. The number of ketones is 1. The van der Waals surface area contributed by atoms with E-state index in [0.717, 1.165) is 11.1 Å². The predicted octanol–water partition coefficient (Wildman–Crippen LogP) is 3.31. The lowest BCUT2D eigenvalue weighted by Gasteiger charge is -2.38. The molecule has 0 radical (unpaired) electrons. The van der Waals surface area contributed by atoms with Gasteiger partial charge in [0.15, 0.2) is 5.78 Å². The molecule has 1 amide bonds. The van der Waals surface area contributed by atoms with Gasteiger partial charge in [0.2, 0.25) is 11.8 Å². The van der Waals surface area contributed by atoms with Gasteiger partial charge in [-0.2, -0.15) is 5.26 Å². The number of fused-ring (bicyclic) bond motifs is 3. The Morgan fingerprint density at radius 3 is 2.60 bits per heavy atom. The molecule has 2 aromatic rings. The Morgan fingerprint density at radius 1 is 1.13 bits per heavy atom. The van der Waals surface area contributed by atoms with Crippen molar-refractivity contribution in [1.82, 2.24) is 0 Å². The van der Waals surface area contributed by atoms with Crippen LogP contribution >= 0.6 is 0 Å². The fourth-order valence-electron chi connectivity index (χ4n) is 4.85. The quantitative estimate of drug-likeness (QED) is 0.768. The normalized spacial score (nSPS) is 24.9. The Balaban J connectivity index is 1.71. The third-order valence-corrected chi connectivity index (χ3v) is 6.23. The highest BCUT2D eigenvalue weighted by atomic mass is 16.5. The Kier molecular flexibility index (Phi) is 3.84. The summed E-state index contributed by atoms with van der Waals surface area (Å²) in [6.45, 7) is 2.01. The second-order valence-corrected chi connectivity index (χ2v) is 7.94. The molecule has 2 aliphatic heterocycles. The number of nitriles is 1. The first-order valence-corrected chi connectivity index (χ1v) is 9.79. The minimum atomic E-state index is -1.56. The summed E-state index contributed by atoms with van der Waals surface area (Å²) >= 11 is 0. The average molecular weight is 397 g/mol. The van der Waals surface area contributed by atoms with E-state index in [-0.39, 0.29) is 35.2 Å². The average Bonchev–Trinajstić information content (AvgIpc) is 3.00. The molecule has 2 heterocycles. The van der Waals surface area contributed by atoms with Crippen LogP contribution in [0.1, 0.15) is 35.4 Å². The molecule has 0 saturated heterocycles. The van der Waals surface area contributed by atoms with E-state index in [4.69, 9.17) is 10.5 Å². The number of allylic oxidation sites excluding steroid dienone is 1. The van der Waals surface area contributed by atoms with Crippen LogP contribution in [0.25, 0.3) is 0 Å². The summed E-state index contributed by atoms with van der Waals surface area (Å²) in [4.78, 5) is 26.8. The summed E-state index contributed by atoms with van der Waals surface area (Å²) in [5.41, 5.74) is 8.08. The summed E-state index contributed by atoms with van der Waals surface area (Å²) in [7, 11) is 0. The van der Waals surface area contributed by atoms with Crippen LogP contribution in [0.5, 0.6) is 0 Å². The van der Waals surface area contributed by atoms with Crippen LogP contribution in [-0.2, 0) is 19.7 Å². The van der Waals surface area contributed by atoms with Crippen molar-refractivity contribution in [2.45, 2.75) is 31.1 Å². The molecule has 5 rings (SSSR count). The highest BCUT2D eigenvalue weighted by Gasteiger charge is 2.60. The Labute approximate surface area is 173 Å². The number of benzene rings is 2. The van der Waals surface area contributed by atoms with Crippen molar-refractivity contribution in [3.8, 4) is 6.07 Å². The summed E-state index contributed by atoms with van der Waals surface area (Å²) in [6, 6.07) is 17.2. The van der Waals surface area contributed by atoms with E-state index < -0.39 is 11.3 Å². The lowest BCUT2D eigenvalue weighted by molar-refractivity contribution is -0.123. The van der Waals surface area contributed by atoms with Crippen LogP contribution in [0.3, 0.4) is 0 Å². The van der Waals surface area contributed by atoms with Gasteiger partial charge in [0.1, 0.15) is 22.8 Å². The zero-order valence-corrected chi connectivity index (χ0v) is 16.4. The summed E-state index contributed by atoms with van der Waals surface area (Å²) in [6.07, 6.45) is 0.668. The van der Waals surface area contributed by atoms with Crippen LogP contribution in [0.4, 0.5) is 5.69 Å². The molecule has 3 N–H and O–H groups in total. The fraction of sp³-hybridized carbons (Fsp3) is 0.208. The Bertz CT molecular complexity index is 1220. The number of nitrogens with one attached hydrogen (secondary N) is 1. The number of carbonyl (C=O) groups is 2. The smallest absolute Gasteiger partial charge is 0.245 e. The zero-order valence-electron chi connectivity index (χ0n) is 16.4. The highest BCUT2D eigenvalue weighted by molar-refractivity contribution is 6.19. The first kappa shape index (κ1) is 18.2. The van der Waals surface area contributed by atoms with Crippen molar-refractivity contribution in [1.29, 1.82) is 5.26 Å². The van der Waals surface area contributed by atoms with Gasteiger partial charge in [0.25, 0.3) is 0 Å². The van der Waals surface area contributed by atoms with Crippen LogP contribution < -0.4 is 11.1 Å². The molecule has 3 aliphatic rings. The number of nitrogens with zero attached hydrogens (tertiary/aromatic N) is 1. The van der Waals surface area contributed by atoms with Gasteiger partial charge in [-0.05, 0) is 24.5 Å². The minimum absolute atomic E-state index is 0.0363. The van der Waals surface area contributed by atoms with Crippen molar-refractivity contribution in [3.05, 3.63) is 88.0 Å². The maximum absolute atomic E-state index is 13.5. The molecule has 148 valence electrons. The standard InChI is InChI=1S/C24H19N3O3/c1-13-6-8-14(9-7-13)15-10-19(28)21-20(11-15)30-22(26)17(12-25)24(21)16-4-2-3-5-18(16)27-23(24)29/h2-9,15H,10-11,26H2,1H3,(H,27,29)/t15-,24-/m0/s1. The third kappa shape index (κ3) is 2.29. The van der Waals surface area contributed by atoms with E-state index in [2.05, 4.69) is 5.32 Å². The van der Waals surface area contributed by atoms with Crippen molar-refractivity contribution < 1.29 is 14.3 Å². The predicted molar refractivity (Wildman–Crippen MR) is 110 cm³/mol. The number of ether oxygens (including phenoxy) is 1. The number of Topliss-reactive ketones (excluding diaryl/α,β-unsaturated/α-hetero) is 1.